The molecule has 0 fully saturated rings. The third kappa shape index (κ3) is 3.98. The van der Waals surface area contributed by atoms with Crippen LogP contribution in [0, 0.1) is 0 Å². The molecule has 2 rings (SSSR count). The number of sulfone groups is 1. The maximum atomic E-state index is 11.5. The highest BCUT2D eigenvalue weighted by Crippen LogP contribution is 2.26. The Hall–Kier alpha value is -2.15. The van der Waals surface area contributed by atoms with Gasteiger partial charge in [0.1, 0.15) is 5.82 Å². The number of anilines is 1. The number of carbonyl (C=O) groups is 1. The lowest BCUT2D eigenvalue weighted by molar-refractivity contribution is -0.114. The van der Waals surface area contributed by atoms with Gasteiger partial charge in [-0.1, -0.05) is 20.8 Å². The quantitative estimate of drug-likeness (QED) is 0.934. The summed E-state index contributed by atoms with van der Waals surface area (Å²) >= 11 is 0. The van der Waals surface area contributed by atoms with Crippen LogP contribution in [-0.2, 0) is 20.0 Å². The van der Waals surface area contributed by atoms with Crippen molar-refractivity contribution >= 4 is 21.6 Å². The lowest BCUT2D eigenvalue weighted by atomic mass is 9.92. The summed E-state index contributed by atoms with van der Waals surface area (Å²) in [5.41, 5.74) is 1.33. The van der Waals surface area contributed by atoms with Crippen molar-refractivity contribution in [3.05, 3.63) is 36.0 Å². The molecule has 1 heterocycles. The van der Waals surface area contributed by atoms with E-state index >= 15 is 0 Å². The molecule has 0 aliphatic carbocycles. The minimum atomic E-state index is -3.25. The fourth-order valence-corrected chi connectivity index (χ4v) is 2.68. The molecule has 0 saturated carbocycles. The van der Waals surface area contributed by atoms with E-state index < -0.39 is 9.84 Å². The van der Waals surface area contributed by atoms with Gasteiger partial charge >= 0.3 is 0 Å². The molecular weight excluding hydrogens is 314 g/mol. The number of rotatable bonds is 3. The van der Waals surface area contributed by atoms with Crippen molar-refractivity contribution in [3.8, 4) is 5.69 Å². The molecule has 0 saturated heterocycles. The van der Waals surface area contributed by atoms with E-state index in [-0.39, 0.29) is 16.2 Å². The summed E-state index contributed by atoms with van der Waals surface area (Å²) in [7, 11) is -3.25. The summed E-state index contributed by atoms with van der Waals surface area (Å²) in [6.45, 7) is 7.53. The second kappa shape index (κ2) is 5.81. The third-order valence-electron chi connectivity index (χ3n) is 3.29. The van der Waals surface area contributed by atoms with E-state index in [1.54, 1.807) is 16.8 Å². The van der Waals surface area contributed by atoms with Crippen molar-refractivity contribution in [3.63, 3.8) is 0 Å². The molecule has 7 heteroatoms. The van der Waals surface area contributed by atoms with Crippen LogP contribution in [0.5, 0.6) is 0 Å². The summed E-state index contributed by atoms with van der Waals surface area (Å²) in [6.07, 6.45) is 1.16. The average molecular weight is 335 g/mol. The Morgan fingerprint density at radius 1 is 1.17 bits per heavy atom. The van der Waals surface area contributed by atoms with Crippen molar-refractivity contribution in [1.29, 1.82) is 0 Å². The Balaban J connectivity index is 2.53. The smallest absolute Gasteiger partial charge is 0.222 e. The summed E-state index contributed by atoms with van der Waals surface area (Å²) in [4.78, 5) is 11.7. The summed E-state index contributed by atoms with van der Waals surface area (Å²) in [5.74, 6) is 0.355. The molecule has 2 aromatic rings. The molecule has 124 valence electrons. The van der Waals surface area contributed by atoms with E-state index in [1.165, 1.54) is 19.1 Å². The fourth-order valence-electron chi connectivity index (χ4n) is 2.05. The van der Waals surface area contributed by atoms with Gasteiger partial charge in [-0.05, 0) is 24.3 Å². The summed E-state index contributed by atoms with van der Waals surface area (Å²) in [6, 6.07) is 8.22. The number of nitrogens with one attached hydrogen (secondary N) is 1. The number of hydrogen-bond donors (Lipinski definition) is 1. The van der Waals surface area contributed by atoms with Gasteiger partial charge in [0.2, 0.25) is 5.91 Å². The van der Waals surface area contributed by atoms with E-state index in [4.69, 9.17) is 0 Å². The predicted molar refractivity (Wildman–Crippen MR) is 89.7 cm³/mol. The molecule has 0 spiro atoms. The second-order valence-electron chi connectivity index (χ2n) is 6.52. The van der Waals surface area contributed by atoms with Crippen molar-refractivity contribution in [2.24, 2.45) is 0 Å². The molecule has 0 unspecified atom stereocenters. The first-order chi connectivity index (χ1) is 10.5. The van der Waals surface area contributed by atoms with Crippen LogP contribution in [0.3, 0.4) is 0 Å². The second-order valence-corrected chi connectivity index (χ2v) is 8.54. The molecular formula is C16H21N3O3S. The zero-order valence-electron chi connectivity index (χ0n) is 13.9. The van der Waals surface area contributed by atoms with E-state index in [9.17, 15) is 13.2 Å². The topological polar surface area (TPSA) is 81.1 Å². The monoisotopic (exact) mass is 335 g/mol. The van der Waals surface area contributed by atoms with Gasteiger partial charge in [0.15, 0.2) is 9.84 Å². The van der Waals surface area contributed by atoms with Crippen LogP contribution in [0.25, 0.3) is 5.69 Å². The molecule has 0 bridgehead atoms. The Labute approximate surface area is 136 Å². The number of carbonyl (C=O) groups excluding carboxylic acids is 1. The van der Waals surface area contributed by atoms with Crippen LogP contribution in [0.2, 0.25) is 0 Å². The van der Waals surface area contributed by atoms with Gasteiger partial charge < -0.3 is 5.32 Å². The van der Waals surface area contributed by atoms with Gasteiger partial charge in [0, 0.05) is 24.7 Å². The van der Waals surface area contributed by atoms with Crippen molar-refractivity contribution in [2.75, 3.05) is 11.6 Å². The van der Waals surface area contributed by atoms with Gasteiger partial charge in [0.05, 0.1) is 16.3 Å². The van der Waals surface area contributed by atoms with Gasteiger partial charge in [-0.25, -0.2) is 13.1 Å². The number of nitrogens with zero attached hydrogens (tertiary/aromatic N) is 2. The molecule has 0 atom stereocenters. The molecule has 0 aliphatic rings. The van der Waals surface area contributed by atoms with Crippen molar-refractivity contribution in [1.82, 2.24) is 9.78 Å². The van der Waals surface area contributed by atoms with Crippen LogP contribution in [0.4, 0.5) is 5.82 Å². The maximum Gasteiger partial charge on any atom is 0.222 e. The van der Waals surface area contributed by atoms with E-state index in [2.05, 4.69) is 10.4 Å². The van der Waals surface area contributed by atoms with Crippen LogP contribution in [0.1, 0.15) is 33.4 Å². The standard InChI is InChI=1S/C16H21N3O3S/c1-11(20)17-15-10-14(16(2,3)4)18-19(15)12-6-8-13(9-7-12)23(5,21)22/h6-10H,1-5H3,(H,17,20). The molecule has 6 nitrogen and oxygen atoms in total. The molecule has 23 heavy (non-hydrogen) atoms. The molecule has 0 radical (unpaired) electrons. The minimum absolute atomic E-state index is 0.175. The zero-order chi connectivity index (χ0) is 17.4. The van der Waals surface area contributed by atoms with E-state index in [0.29, 0.717) is 11.5 Å². The minimum Gasteiger partial charge on any atom is -0.311 e. The van der Waals surface area contributed by atoms with Crippen LogP contribution < -0.4 is 5.32 Å². The number of amides is 1. The van der Waals surface area contributed by atoms with Crippen molar-refractivity contribution < 1.29 is 13.2 Å². The Morgan fingerprint density at radius 2 is 1.74 bits per heavy atom. The van der Waals surface area contributed by atoms with Gasteiger partial charge in [0.25, 0.3) is 0 Å². The normalized spacial score (nSPS) is 12.2. The van der Waals surface area contributed by atoms with Crippen LogP contribution in [0.15, 0.2) is 35.2 Å². The maximum absolute atomic E-state index is 11.5. The predicted octanol–water partition coefficient (Wildman–Crippen LogP) is 2.53. The molecule has 1 aromatic heterocycles. The first kappa shape index (κ1) is 17.2. The first-order valence-electron chi connectivity index (χ1n) is 7.17. The number of hydrogen-bond acceptors (Lipinski definition) is 4. The molecule has 1 N–H and O–H groups in total. The number of aromatic nitrogens is 2. The lowest BCUT2D eigenvalue weighted by Crippen LogP contribution is -2.13. The number of benzene rings is 1. The highest BCUT2D eigenvalue weighted by atomic mass is 32.2. The largest absolute Gasteiger partial charge is 0.311 e. The third-order valence-corrected chi connectivity index (χ3v) is 4.42. The van der Waals surface area contributed by atoms with E-state index in [1.807, 2.05) is 26.8 Å². The highest BCUT2D eigenvalue weighted by Gasteiger charge is 2.21. The Morgan fingerprint density at radius 3 is 2.17 bits per heavy atom. The van der Waals surface area contributed by atoms with Gasteiger partial charge in [-0.15, -0.1) is 0 Å². The molecule has 1 amide bonds. The van der Waals surface area contributed by atoms with Gasteiger partial charge in [-0.3, -0.25) is 4.79 Å². The zero-order valence-corrected chi connectivity index (χ0v) is 14.7. The molecule has 0 aliphatic heterocycles. The van der Waals surface area contributed by atoms with Crippen LogP contribution >= 0.6 is 0 Å². The Bertz CT molecular complexity index is 828. The van der Waals surface area contributed by atoms with E-state index in [0.717, 1.165) is 11.9 Å². The van der Waals surface area contributed by atoms with Crippen molar-refractivity contribution in [2.45, 2.75) is 38.0 Å². The average Bonchev–Trinajstić information content (AvgIpc) is 2.81. The Kier molecular flexibility index (Phi) is 4.34. The highest BCUT2D eigenvalue weighted by molar-refractivity contribution is 7.90. The van der Waals surface area contributed by atoms with Crippen LogP contribution in [-0.4, -0.2) is 30.4 Å². The fraction of sp³-hybridized carbons (Fsp3) is 0.375. The summed E-state index contributed by atoms with van der Waals surface area (Å²) < 4.78 is 24.7. The van der Waals surface area contributed by atoms with Gasteiger partial charge in [-0.2, -0.15) is 5.10 Å². The first-order valence-corrected chi connectivity index (χ1v) is 9.06. The SMILES string of the molecule is CC(=O)Nc1cc(C(C)(C)C)nn1-c1ccc(S(C)(=O)=O)cc1. The molecule has 1 aromatic carbocycles. The lowest BCUT2D eigenvalue weighted by Gasteiger charge is -2.14. The summed E-state index contributed by atoms with van der Waals surface area (Å²) in [5, 5.41) is 7.30.